The van der Waals surface area contributed by atoms with Crippen LogP contribution in [0.15, 0.2) is 66.7 Å². The Labute approximate surface area is 148 Å². The van der Waals surface area contributed by atoms with Crippen LogP contribution in [0.25, 0.3) is 10.8 Å². The molecule has 3 aromatic carbocycles. The van der Waals surface area contributed by atoms with Gasteiger partial charge in [0.1, 0.15) is 0 Å². The fraction of sp³-hybridized carbons (Fsp3) is 0.136. The molecule has 0 saturated heterocycles. The molecule has 3 aromatic rings. The van der Waals surface area contributed by atoms with E-state index in [4.69, 9.17) is 0 Å². The van der Waals surface area contributed by atoms with Gasteiger partial charge in [-0.1, -0.05) is 54.3 Å². The van der Waals surface area contributed by atoms with E-state index in [9.17, 15) is 4.79 Å². The third-order valence-electron chi connectivity index (χ3n) is 3.96. The Morgan fingerprint density at radius 3 is 2.48 bits per heavy atom. The van der Waals surface area contributed by atoms with Crippen molar-refractivity contribution in [1.29, 1.82) is 0 Å². The fourth-order valence-corrected chi connectivity index (χ4v) is 2.67. The lowest BCUT2D eigenvalue weighted by Gasteiger charge is -2.13. The summed E-state index contributed by atoms with van der Waals surface area (Å²) in [7, 11) is 3.98. The Morgan fingerprint density at radius 2 is 1.68 bits per heavy atom. The van der Waals surface area contributed by atoms with Crippen molar-refractivity contribution in [2.45, 2.75) is 0 Å². The molecule has 0 fully saturated rings. The maximum atomic E-state index is 12.3. The highest BCUT2D eigenvalue weighted by Crippen LogP contribution is 2.16. The minimum Gasteiger partial charge on any atom is -0.377 e. The van der Waals surface area contributed by atoms with Crippen molar-refractivity contribution in [3.8, 4) is 11.8 Å². The van der Waals surface area contributed by atoms with Crippen molar-refractivity contribution in [2.24, 2.45) is 0 Å². The molecule has 3 rings (SSSR count). The summed E-state index contributed by atoms with van der Waals surface area (Å²) in [5, 5.41) is 5.04. The third kappa shape index (κ3) is 3.99. The smallest absolute Gasteiger partial charge is 0.252 e. The van der Waals surface area contributed by atoms with E-state index in [0.29, 0.717) is 12.1 Å². The third-order valence-corrected chi connectivity index (χ3v) is 3.96. The van der Waals surface area contributed by atoms with Crippen molar-refractivity contribution in [3.63, 3.8) is 0 Å². The van der Waals surface area contributed by atoms with Gasteiger partial charge in [-0.05, 0) is 35.0 Å². The molecule has 3 nitrogen and oxygen atoms in total. The molecule has 124 valence electrons. The normalized spacial score (nSPS) is 10.0. The molecule has 0 bridgehead atoms. The molecule has 0 aliphatic rings. The van der Waals surface area contributed by atoms with Crippen molar-refractivity contribution in [1.82, 2.24) is 5.32 Å². The molecule has 0 spiro atoms. The Bertz CT molecular complexity index is 964. The van der Waals surface area contributed by atoms with E-state index in [1.807, 2.05) is 85.7 Å². The molecule has 0 saturated carbocycles. The molecule has 0 atom stereocenters. The minimum atomic E-state index is -0.110. The van der Waals surface area contributed by atoms with Crippen LogP contribution in [0, 0.1) is 11.8 Å². The summed E-state index contributed by atoms with van der Waals surface area (Å²) in [4.78, 5) is 14.3. The number of nitrogens with one attached hydrogen (secondary N) is 1. The zero-order chi connectivity index (χ0) is 17.6. The average Bonchev–Trinajstić information content (AvgIpc) is 2.64. The number of carbonyl (C=O) groups excluding carboxylic acids is 1. The lowest BCUT2D eigenvalue weighted by atomic mass is 10.1. The van der Waals surface area contributed by atoms with Gasteiger partial charge in [0.2, 0.25) is 0 Å². The molecule has 1 amide bonds. The Balaban J connectivity index is 1.67. The largest absolute Gasteiger partial charge is 0.377 e. The number of benzene rings is 3. The summed E-state index contributed by atoms with van der Waals surface area (Å²) in [6.45, 7) is 0.313. The minimum absolute atomic E-state index is 0.110. The number of rotatable bonds is 3. The lowest BCUT2D eigenvalue weighted by molar-refractivity contribution is 0.0959. The second-order valence-corrected chi connectivity index (χ2v) is 5.96. The van der Waals surface area contributed by atoms with Crippen LogP contribution in [-0.4, -0.2) is 26.5 Å². The van der Waals surface area contributed by atoms with Gasteiger partial charge in [-0.2, -0.15) is 0 Å². The molecule has 3 heteroatoms. The van der Waals surface area contributed by atoms with E-state index in [0.717, 1.165) is 22.0 Å². The molecule has 0 aliphatic heterocycles. The Morgan fingerprint density at radius 1 is 0.960 bits per heavy atom. The van der Waals surface area contributed by atoms with E-state index >= 15 is 0 Å². The van der Waals surface area contributed by atoms with E-state index in [-0.39, 0.29) is 5.91 Å². The first-order chi connectivity index (χ1) is 12.1. The maximum absolute atomic E-state index is 12.3. The quantitative estimate of drug-likeness (QED) is 0.744. The first kappa shape index (κ1) is 16.6. The summed E-state index contributed by atoms with van der Waals surface area (Å²) < 4.78 is 0. The summed E-state index contributed by atoms with van der Waals surface area (Å²) in [5.41, 5.74) is 2.66. The molecule has 25 heavy (non-hydrogen) atoms. The van der Waals surface area contributed by atoms with Crippen LogP contribution < -0.4 is 10.2 Å². The van der Waals surface area contributed by atoms with Crippen LogP contribution in [0.3, 0.4) is 0 Å². The second-order valence-electron chi connectivity index (χ2n) is 5.96. The second kappa shape index (κ2) is 7.55. The predicted octanol–water partition coefficient (Wildman–Crippen LogP) is 3.69. The highest BCUT2D eigenvalue weighted by molar-refractivity contribution is 5.98. The summed E-state index contributed by atoms with van der Waals surface area (Å²) in [6.07, 6.45) is 0. The van der Waals surface area contributed by atoms with E-state index in [1.165, 1.54) is 0 Å². The van der Waals surface area contributed by atoms with Gasteiger partial charge in [0, 0.05) is 25.2 Å². The first-order valence-corrected chi connectivity index (χ1v) is 8.17. The topological polar surface area (TPSA) is 32.3 Å². The molecular weight excluding hydrogens is 308 g/mol. The predicted molar refractivity (Wildman–Crippen MR) is 104 cm³/mol. The van der Waals surface area contributed by atoms with E-state index in [1.54, 1.807) is 0 Å². The lowest BCUT2D eigenvalue weighted by Crippen LogP contribution is -2.23. The van der Waals surface area contributed by atoms with Gasteiger partial charge in [-0.15, -0.1) is 0 Å². The van der Waals surface area contributed by atoms with Crippen LogP contribution in [0.5, 0.6) is 0 Å². The van der Waals surface area contributed by atoms with Crippen molar-refractivity contribution >= 4 is 22.4 Å². The number of hydrogen-bond donors (Lipinski definition) is 1. The molecule has 0 unspecified atom stereocenters. The van der Waals surface area contributed by atoms with Crippen LogP contribution in [0.2, 0.25) is 0 Å². The summed E-state index contributed by atoms with van der Waals surface area (Å²) in [6, 6.07) is 21.7. The van der Waals surface area contributed by atoms with Crippen LogP contribution >= 0.6 is 0 Å². The molecule has 0 radical (unpaired) electrons. The number of carbonyl (C=O) groups is 1. The van der Waals surface area contributed by atoms with Gasteiger partial charge in [-0.3, -0.25) is 4.79 Å². The number of amides is 1. The summed E-state index contributed by atoms with van der Waals surface area (Å²) >= 11 is 0. The Hall–Kier alpha value is -3.25. The van der Waals surface area contributed by atoms with Crippen LogP contribution in [0.4, 0.5) is 5.69 Å². The van der Waals surface area contributed by atoms with Crippen molar-refractivity contribution in [2.75, 3.05) is 25.5 Å². The zero-order valence-electron chi connectivity index (χ0n) is 14.4. The van der Waals surface area contributed by atoms with Gasteiger partial charge < -0.3 is 10.2 Å². The fourth-order valence-electron chi connectivity index (χ4n) is 2.67. The SMILES string of the molecule is CN(C)c1ccccc1C#CCNC(=O)c1ccc2ccccc2c1. The standard InChI is InChI=1S/C22H20N2O/c1-24(2)21-12-6-5-9-18(21)11-7-15-23-22(25)20-14-13-17-8-3-4-10-19(17)16-20/h3-6,8-10,12-14,16H,15H2,1-2H3,(H,23,25). The molecular formula is C22H20N2O. The molecule has 0 heterocycles. The zero-order valence-corrected chi connectivity index (χ0v) is 14.4. The maximum Gasteiger partial charge on any atom is 0.252 e. The number of fused-ring (bicyclic) bond motifs is 1. The number of para-hydroxylation sites is 1. The molecule has 0 aromatic heterocycles. The number of nitrogens with zero attached hydrogens (tertiary/aromatic N) is 1. The number of hydrogen-bond acceptors (Lipinski definition) is 2. The van der Waals surface area contributed by atoms with Gasteiger partial charge in [0.25, 0.3) is 5.91 Å². The van der Waals surface area contributed by atoms with Gasteiger partial charge in [0.15, 0.2) is 0 Å². The van der Waals surface area contributed by atoms with Crippen LogP contribution in [0.1, 0.15) is 15.9 Å². The Kier molecular flexibility index (Phi) is 5.01. The van der Waals surface area contributed by atoms with E-state index < -0.39 is 0 Å². The van der Waals surface area contributed by atoms with Gasteiger partial charge in [-0.25, -0.2) is 0 Å². The first-order valence-electron chi connectivity index (χ1n) is 8.17. The van der Waals surface area contributed by atoms with Crippen LogP contribution in [-0.2, 0) is 0 Å². The molecule has 0 aliphatic carbocycles. The molecule has 1 N–H and O–H groups in total. The highest BCUT2D eigenvalue weighted by Gasteiger charge is 2.05. The highest BCUT2D eigenvalue weighted by atomic mass is 16.1. The van der Waals surface area contributed by atoms with Gasteiger partial charge >= 0.3 is 0 Å². The van der Waals surface area contributed by atoms with Crippen molar-refractivity contribution in [3.05, 3.63) is 77.9 Å². The van der Waals surface area contributed by atoms with Gasteiger partial charge in [0.05, 0.1) is 12.2 Å². The average molecular weight is 328 g/mol. The van der Waals surface area contributed by atoms with E-state index in [2.05, 4.69) is 17.2 Å². The summed E-state index contributed by atoms with van der Waals surface area (Å²) in [5.74, 6) is 6.04. The van der Waals surface area contributed by atoms with Crippen molar-refractivity contribution < 1.29 is 4.79 Å². The number of anilines is 1. The monoisotopic (exact) mass is 328 g/mol.